The van der Waals surface area contributed by atoms with E-state index >= 15 is 0 Å². The summed E-state index contributed by atoms with van der Waals surface area (Å²) in [6.07, 6.45) is 1.12. The molecule has 0 aliphatic carbocycles. The van der Waals surface area contributed by atoms with Crippen molar-refractivity contribution in [3.05, 3.63) is 33.9 Å². The molecule has 1 aromatic carbocycles. The minimum Gasteiger partial charge on any atom is -0.326 e. The number of nitro groups is 1. The van der Waals surface area contributed by atoms with Crippen LogP contribution in [0.5, 0.6) is 0 Å². The fourth-order valence-corrected chi connectivity index (χ4v) is 1.60. The summed E-state index contributed by atoms with van der Waals surface area (Å²) in [5.74, 6) is -0.131. The number of nitrogens with zero attached hydrogens (tertiary/aromatic N) is 1. The predicted octanol–water partition coefficient (Wildman–Crippen LogP) is 2.26. The van der Waals surface area contributed by atoms with E-state index in [1.165, 1.54) is 6.07 Å². The molecule has 0 bridgehead atoms. The molecule has 7 heteroatoms. The maximum absolute atomic E-state index is 11.6. The van der Waals surface area contributed by atoms with Gasteiger partial charge in [0, 0.05) is 12.5 Å². The maximum Gasteiger partial charge on any atom is 0.274 e. The van der Waals surface area contributed by atoms with E-state index in [4.69, 9.17) is 0 Å². The van der Waals surface area contributed by atoms with Gasteiger partial charge in [0.1, 0.15) is 0 Å². The Morgan fingerprint density at radius 3 is 2.68 bits per heavy atom. The van der Waals surface area contributed by atoms with E-state index in [9.17, 15) is 14.9 Å². The lowest BCUT2D eigenvalue weighted by atomic mass is 10.1. The SMILES string of the molecule is CNCCCC(=O)Nc1cccc([N+](=O)[O-])c1C.Cl. The summed E-state index contributed by atoms with van der Waals surface area (Å²) < 4.78 is 0. The number of nitro benzene ring substituents is 1. The molecule has 106 valence electrons. The van der Waals surface area contributed by atoms with Crippen LogP contribution in [0.1, 0.15) is 18.4 Å². The third-order valence-corrected chi connectivity index (χ3v) is 2.61. The van der Waals surface area contributed by atoms with Gasteiger partial charge in [0.15, 0.2) is 0 Å². The van der Waals surface area contributed by atoms with E-state index in [1.807, 2.05) is 7.05 Å². The molecule has 0 atom stereocenters. The van der Waals surface area contributed by atoms with E-state index in [-0.39, 0.29) is 24.0 Å². The molecule has 0 spiro atoms. The largest absolute Gasteiger partial charge is 0.326 e. The highest BCUT2D eigenvalue weighted by molar-refractivity contribution is 5.92. The van der Waals surface area contributed by atoms with Crippen molar-refractivity contribution in [2.24, 2.45) is 0 Å². The predicted molar refractivity (Wildman–Crippen MR) is 76.9 cm³/mol. The number of hydrogen-bond donors (Lipinski definition) is 2. The van der Waals surface area contributed by atoms with Gasteiger partial charge in [-0.25, -0.2) is 0 Å². The first-order valence-electron chi connectivity index (χ1n) is 5.74. The number of carbonyl (C=O) groups excluding carboxylic acids is 1. The summed E-state index contributed by atoms with van der Waals surface area (Å²) in [7, 11) is 1.82. The lowest BCUT2D eigenvalue weighted by Gasteiger charge is -2.08. The summed E-state index contributed by atoms with van der Waals surface area (Å²) in [6, 6.07) is 4.65. The molecule has 0 radical (unpaired) electrons. The topological polar surface area (TPSA) is 84.3 Å². The van der Waals surface area contributed by atoms with E-state index in [1.54, 1.807) is 19.1 Å². The van der Waals surface area contributed by atoms with E-state index < -0.39 is 4.92 Å². The molecule has 0 aromatic heterocycles. The van der Waals surface area contributed by atoms with Crippen molar-refractivity contribution in [1.82, 2.24) is 5.32 Å². The van der Waals surface area contributed by atoms with Crippen molar-refractivity contribution in [1.29, 1.82) is 0 Å². The van der Waals surface area contributed by atoms with Gasteiger partial charge < -0.3 is 10.6 Å². The van der Waals surface area contributed by atoms with Gasteiger partial charge >= 0.3 is 0 Å². The number of benzene rings is 1. The van der Waals surface area contributed by atoms with Crippen LogP contribution in [0.2, 0.25) is 0 Å². The Labute approximate surface area is 118 Å². The van der Waals surface area contributed by atoms with E-state index in [0.29, 0.717) is 17.7 Å². The molecule has 0 saturated heterocycles. The Morgan fingerprint density at radius 2 is 2.11 bits per heavy atom. The van der Waals surface area contributed by atoms with Crippen molar-refractivity contribution in [3.8, 4) is 0 Å². The summed E-state index contributed by atoms with van der Waals surface area (Å²) in [5.41, 5.74) is 0.992. The zero-order valence-corrected chi connectivity index (χ0v) is 11.8. The van der Waals surface area contributed by atoms with E-state index in [0.717, 1.165) is 13.0 Å². The van der Waals surface area contributed by atoms with Gasteiger partial charge in [0.2, 0.25) is 5.91 Å². The first-order valence-corrected chi connectivity index (χ1v) is 5.74. The fraction of sp³-hybridized carbons (Fsp3) is 0.417. The van der Waals surface area contributed by atoms with Gasteiger partial charge in [-0.05, 0) is 33.0 Å². The Bertz CT molecular complexity index is 452. The molecule has 0 heterocycles. The van der Waals surface area contributed by atoms with Crippen molar-refractivity contribution in [2.75, 3.05) is 18.9 Å². The molecule has 0 saturated carbocycles. The summed E-state index contributed by atoms with van der Waals surface area (Å²) in [6.45, 7) is 2.39. The smallest absolute Gasteiger partial charge is 0.274 e. The number of carbonyl (C=O) groups is 1. The lowest BCUT2D eigenvalue weighted by molar-refractivity contribution is -0.385. The van der Waals surface area contributed by atoms with Crippen LogP contribution in [0.15, 0.2) is 18.2 Å². The zero-order chi connectivity index (χ0) is 13.5. The van der Waals surface area contributed by atoms with Crippen molar-refractivity contribution >= 4 is 29.7 Å². The Morgan fingerprint density at radius 1 is 1.42 bits per heavy atom. The third kappa shape index (κ3) is 5.23. The highest BCUT2D eigenvalue weighted by Crippen LogP contribution is 2.25. The molecule has 0 aliphatic heterocycles. The molecule has 1 amide bonds. The number of anilines is 1. The number of rotatable bonds is 6. The lowest BCUT2D eigenvalue weighted by Crippen LogP contribution is -2.16. The molecule has 6 nitrogen and oxygen atoms in total. The van der Waals surface area contributed by atoms with Crippen LogP contribution in [0.4, 0.5) is 11.4 Å². The molecular formula is C12H18ClN3O3. The van der Waals surface area contributed by atoms with Crippen LogP contribution in [0.25, 0.3) is 0 Å². The van der Waals surface area contributed by atoms with Gasteiger partial charge in [-0.2, -0.15) is 0 Å². The third-order valence-electron chi connectivity index (χ3n) is 2.61. The van der Waals surface area contributed by atoms with Crippen LogP contribution in [-0.2, 0) is 4.79 Å². The van der Waals surface area contributed by atoms with E-state index in [2.05, 4.69) is 10.6 Å². The minimum atomic E-state index is -0.452. The Kier molecular flexibility index (Phi) is 7.71. The molecule has 0 aliphatic rings. The van der Waals surface area contributed by atoms with Crippen LogP contribution in [-0.4, -0.2) is 24.4 Å². The number of hydrogen-bond acceptors (Lipinski definition) is 4. The molecule has 0 unspecified atom stereocenters. The highest BCUT2D eigenvalue weighted by Gasteiger charge is 2.14. The van der Waals surface area contributed by atoms with Crippen molar-refractivity contribution < 1.29 is 9.72 Å². The normalized spacial score (nSPS) is 9.58. The summed E-state index contributed by atoms with van der Waals surface area (Å²) in [5, 5.41) is 16.4. The molecular weight excluding hydrogens is 270 g/mol. The molecule has 19 heavy (non-hydrogen) atoms. The zero-order valence-electron chi connectivity index (χ0n) is 10.9. The highest BCUT2D eigenvalue weighted by atomic mass is 35.5. The first-order chi connectivity index (χ1) is 8.56. The van der Waals surface area contributed by atoms with Crippen LogP contribution >= 0.6 is 12.4 Å². The van der Waals surface area contributed by atoms with Gasteiger partial charge in [0.05, 0.1) is 16.2 Å². The van der Waals surface area contributed by atoms with Gasteiger partial charge in [-0.3, -0.25) is 14.9 Å². The second-order valence-corrected chi connectivity index (χ2v) is 3.96. The number of nitrogens with one attached hydrogen (secondary N) is 2. The van der Waals surface area contributed by atoms with Crippen molar-refractivity contribution in [2.45, 2.75) is 19.8 Å². The standard InChI is InChI=1S/C12H17N3O3.ClH/c1-9-10(5-3-6-11(9)15(17)18)14-12(16)7-4-8-13-2;/h3,5-6,13H,4,7-8H2,1-2H3,(H,14,16);1H. The minimum absolute atomic E-state index is 0. The number of halogens is 1. The Balaban J connectivity index is 0.00000324. The Hall–Kier alpha value is -1.66. The van der Waals surface area contributed by atoms with Crippen LogP contribution < -0.4 is 10.6 Å². The molecule has 2 N–H and O–H groups in total. The average Bonchev–Trinajstić information content (AvgIpc) is 2.32. The fourth-order valence-electron chi connectivity index (χ4n) is 1.60. The van der Waals surface area contributed by atoms with Crippen molar-refractivity contribution in [3.63, 3.8) is 0 Å². The first kappa shape index (κ1) is 17.3. The van der Waals surface area contributed by atoms with Crippen LogP contribution in [0, 0.1) is 17.0 Å². The average molecular weight is 288 g/mol. The quantitative estimate of drug-likeness (QED) is 0.477. The molecule has 1 aromatic rings. The second kappa shape index (κ2) is 8.44. The maximum atomic E-state index is 11.6. The van der Waals surface area contributed by atoms with Gasteiger partial charge in [-0.1, -0.05) is 6.07 Å². The van der Waals surface area contributed by atoms with Gasteiger partial charge in [0.25, 0.3) is 5.69 Å². The second-order valence-electron chi connectivity index (χ2n) is 3.96. The summed E-state index contributed by atoms with van der Waals surface area (Å²) >= 11 is 0. The van der Waals surface area contributed by atoms with Gasteiger partial charge in [-0.15, -0.1) is 12.4 Å². The molecule has 0 fully saturated rings. The molecule has 1 rings (SSSR count). The van der Waals surface area contributed by atoms with Crippen LogP contribution in [0.3, 0.4) is 0 Å². The summed E-state index contributed by atoms with van der Waals surface area (Å²) in [4.78, 5) is 21.9. The number of amides is 1. The monoisotopic (exact) mass is 287 g/mol.